The molecule has 0 heterocycles. The van der Waals surface area contributed by atoms with Crippen molar-refractivity contribution in [2.45, 2.75) is 0 Å². The van der Waals surface area contributed by atoms with Crippen molar-refractivity contribution in [3.63, 3.8) is 0 Å². The summed E-state index contributed by atoms with van der Waals surface area (Å²) in [6.07, 6.45) is 0. The molecule has 0 saturated heterocycles. The molecule has 82 valence electrons. The first kappa shape index (κ1) is 11.1. The number of benzene rings is 2. The zero-order valence-electron chi connectivity index (χ0n) is 9.18. The van der Waals surface area contributed by atoms with Crippen LogP contribution < -0.4 is 0 Å². The highest BCUT2D eigenvalue weighted by atomic mass is 16.1. The largest absolute Gasteiger partial charge is 0.288 e. The van der Waals surface area contributed by atoms with Gasteiger partial charge in [-0.15, -0.1) is 0 Å². The van der Waals surface area contributed by atoms with Crippen molar-refractivity contribution in [3.05, 3.63) is 71.8 Å². The predicted molar refractivity (Wildman–Crippen MR) is 68.3 cm³/mol. The van der Waals surface area contributed by atoms with Crippen molar-refractivity contribution < 1.29 is 4.79 Å². The number of carbonyl (C=O) groups is 1. The normalized spacial score (nSPS) is 9.41. The van der Waals surface area contributed by atoms with Crippen LogP contribution >= 0.6 is 0 Å². The third kappa shape index (κ3) is 2.39. The molecule has 0 aliphatic heterocycles. The molecule has 0 atom stereocenters. The molecular formula is C15H11NO. The van der Waals surface area contributed by atoms with E-state index in [0.717, 1.165) is 5.56 Å². The van der Waals surface area contributed by atoms with E-state index in [2.05, 4.69) is 5.87 Å². The van der Waals surface area contributed by atoms with Crippen LogP contribution in [0.1, 0.15) is 15.9 Å². The average molecular weight is 221 g/mol. The lowest BCUT2D eigenvalue weighted by atomic mass is 9.98. The van der Waals surface area contributed by atoms with Gasteiger partial charge in [0.1, 0.15) is 0 Å². The Hall–Kier alpha value is -2.44. The first-order valence-electron chi connectivity index (χ1n) is 5.28. The monoisotopic (exact) mass is 221 g/mol. The van der Waals surface area contributed by atoms with Gasteiger partial charge in [0, 0.05) is 5.56 Å². The molecule has 2 rings (SSSR count). The molecule has 0 unspecified atom stereocenters. The summed E-state index contributed by atoms with van der Waals surface area (Å²) in [5.74, 6) is 2.06. The molecule has 0 saturated carbocycles. The summed E-state index contributed by atoms with van der Waals surface area (Å²) in [4.78, 5) is 12.2. The summed E-state index contributed by atoms with van der Waals surface area (Å²) in [6.45, 7) is 0. The molecule has 1 N–H and O–H groups in total. The zero-order valence-corrected chi connectivity index (χ0v) is 9.18. The number of allylic oxidation sites excluding steroid dienone is 1. The van der Waals surface area contributed by atoms with E-state index in [1.807, 2.05) is 24.3 Å². The number of Topliss-reactive ketones (excluding diaryl/α,β-unsaturated/α-hetero) is 1. The second-order valence-electron chi connectivity index (χ2n) is 3.56. The molecule has 0 amide bonds. The number of ketones is 1. The van der Waals surface area contributed by atoms with Gasteiger partial charge in [0.2, 0.25) is 5.78 Å². The summed E-state index contributed by atoms with van der Waals surface area (Å²) in [5, 5.41) is 7.27. The van der Waals surface area contributed by atoms with E-state index in [1.165, 1.54) is 0 Å². The van der Waals surface area contributed by atoms with E-state index in [9.17, 15) is 4.79 Å². The number of rotatable bonds is 3. The van der Waals surface area contributed by atoms with Crippen LogP contribution in [0.2, 0.25) is 0 Å². The van der Waals surface area contributed by atoms with Gasteiger partial charge >= 0.3 is 0 Å². The summed E-state index contributed by atoms with van der Waals surface area (Å²) >= 11 is 0. The maximum atomic E-state index is 12.2. The summed E-state index contributed by atoms with van der Waals surface area (Å²) in [6, 6.07) is 18.1. The van der Waals surface area contributed by atoms with E-state index in [1.54, 1.807) is 36.4 Å². The van der Waals surface area contributed by atoms with Crippen molar-refractivity contribution >= 4 is 17.2 Å². The van der Waals surface area contributed by atoms with E-state index in [-0.39, 0.29) is 11.4 Å². The van der Waals surface area contributed by atoms with Crippen molar-refractivity contribution in [2.24, 2.45) is 0 Å². The fourth-order valence-electron chi connectivity index (χ4n) is 1.60. The second kappa shape index (κ2) is 5.06. The lowest BCUT2D eigenvalue weighted by molar-refractivity contribution is 0.105. The van der Waals surface area contributed by atoms with E-state index >= 15 is 0 Å². The van der Waals surface area contributed by atoms with Gasteiger partial charge in [-0.05, 0) is 11.4 Å². The fourth-order valence-corrected chi connectivity index (χ4v) is 1.60. The zero-order chi connectivity index (χ0) is 12.1. The minimum atomic E-state index is -0.174. The SMILES string of the molecule is N=C=C(C(=O)c1ccccc1)c1ccccc1. The molecule has 2 aromatic rings. The Bertz CT molecular complexity index is 566. The van der Waals surface area contributed by atoms with Gasteiger partial charge in [-0.1, -0.05) is 60.7 Å². The average Bonchev–Trinajstić information content (AvgIpc) is 2.42. The molecule has 0 fully saturated rings. The molecule has 0 aromatic heterocycles. The van der Waals surface area contributed by atoms with Crippen molar-refractivity contribution in [1.29, 1.82) is 5.41 Å². The first-order chi connectivity index (χ1) is 8.33. The summed E-state index contributed by atoms with van der Waals surface area (Å²) < 4.78 is 0. The molecular weight excluding hydrogens is 210 g/mol. The first-order valence-corrected chi connectivity index (χ1v) is 5.28. The van der Waals surface area contributed by atoms with Crippen LogP contribution in [0.15, 0.2) is 60.7 Å². The van der Waals surface area contributed by atoms with Gasteiger partial charge in [0.05, 0.1) is 5.57 Å². The second-order valence-corrected chi connectivity index (χ2v) is 3.56. The van der Waals surface area contributed by atoms with Crippen LogP contribution in [0.4, 0.5) is 0 Å². The molecule has 2 aromatic carbocycles. The lowest BCUT2D eigenvalue weighted by Crippen LogP contribution is -2.02. The van der Waals surface area contributed by atoms with Gasteiger partial charge < -0.3 is 0 Å². The highest BCUT2D eigenvalue weighted by Gasteiger charge is 2.13. The van der Waals surface area contributed by atoms with Gasteiger partial charge in [-0.25, -0.2) is 0 Å². The van der Waals surface area contributed by atoms with Gasteiger partial charge in [0.15, 0.2) is 0 Å². The third-order valence-corrected chi connectivity index (χ3v) is 2.45. The lowest BCUT2D eigenvalue weighted by Gasteiger charge is -2.03. The Morgan fingerprint density at radius 1 is 0.824 bits per heavy atom. The topological polar surface area (TPSA) is 40.9 Å². The Kier molecular flexibility index (Phi) is 3.29. The summed E-state index contributed by atoms with van der Waals surface area (Å²) in [5.41, 5.74) is 1.58. The highest BCUT2D eigenvalue weighted by Crippen LogP contribution is 2.16. The fraction of sp³-hybridized carbons (Fsp3) is 0. The number of nitrogens with one attached hydrogen (secondary N) is 1. The summed E-state index contributed by atoms with van der Waals surface area (Å²) in [7, 11) is 0. The Morgan fingerprint density at radius 2 is 1.29 bits per heavy atom. The smallest absolute Gasteiger partial charge is 0.202 e. The molecule has 0 bridgehead atoms. The number of hydrogen-bond acceptors (Lipinski definition) is 2. The standard InChI is InChI=1S/C15H11NO/c16-11-14(12-7-3-1-4-8-12)15(17)13-9-5-2-6-10-13/h1-10,16H. The molecule has 0 radical (unpaired) electrons. The Balaban J connectivity index is 2.40. The molecule has 0 aliphatic carbocycles. The number of hydrogen-bond donors (Lipinski definition) is 1. The number of carbonyl (C=O) groups excluding carboxylic acids is 1. The van der Waals surface area contributed by atoms with Gasteiger partial charge in [-0.3, -0.25) is 10.2 Å². The third-order valence-electron chi connectivity index (χ3n) is 2.45. The molecule has 2 heteroatoms. The maximum Gasteiger partial charge on any atom is 0.202 e. The van der Waals surface area contributed by atoms with Crippen LogP contribution in [0.25, 0.3) is 5.57 Å². The minimum Gasteiger partial charge on any atom is -0.288 e. The highest BCUT2D eigenvalue weighted by molar-refractivity contribution is 6.35. The predicted octanol–water partition coefficient (Wildman–Crippen LogP) is 3.20. The van der Waals surface area contributed by atoms with Crippen LogP contribution in [0, 0.1) is 5.41 Å². The quantitative estimate of drug-likeness (QED) is 0.482. The van der Waals surface area contributed by atoms with Crippen molar-refractivity contribution in [3.8, 4) is 0 Å². The Labute approximate surface area is 99.7 Å². The minimum absolute atomic E-state index is 0.174. The molecule has 17 heavy (non-hydrogen) atoms. The van der Waals surface area contributed by atoms with Gasteiger partial charge in [-0.2, -0.15) is 0 Å². The van der Waals surface area contributed by atoms with Crippen LogP contribution in [-0.2, 0) is 0 Å². The molecule has 2 nitrogen and oxygen atoms in total. The van der Waals surface area contributed by atoms with Crippen molar-refractivity contribution in [1.82, 2.24) is 0 Å². The van der Waals surface area contributed by atoms with Crippen LogP contribution in [0.5, 0.6) is 0 Å². The van der Waals surface area contributed by atoms with E-state index in [0.29, 0.717) is 5.56 Å². The Morgan fingerprint density at radius 3 is 1.76 bits per heavy atom. The van der Waals surface area contributed by atoms with Crippen molar-refractivity contribution in [2.75, 3.05) is 0 Å². The van der Waals surface area contributed by atoms with Crippen LogP contribution in [-0.4, -0.2) is 11.7 Å². The van der Waals surface area contributed by atoms with Gasteiger partial charge in [0.25, 0.3) is 0 Å². The molecule has 0 spiro atoms. The van der Waals surface area contributed by atoms with Crippen LogP contribution in [0.3, 0.4) is 0 Å². The van der Waals surface area contributed by atoms with E-state index < -0.39 is 0 Å². The van der Waals surface area contributed by atoms with E-state index in [4.69, 9.17) is 5.41 Å². The maximum absolute atomic E-state index is 12.2. The molecule has 0 aliphatic rings.